The highest BCUT2D eigenvalue weighted by Crippen LogP contribution is 2.28. The predicted octanol–water partition coefficient (Wildman–Crippen LogP) is 5.80. The Kier molecular flexibility index (Phi) is 7.02. The largest absolute Gasteiger partial charge is 0.494 e. The summed E-state index contributed by atoms with van der Waals surface area (Å²) in [7, 11) is 0. The lowest BCUT2D eigenvalue weighted by Gasteiger charge is -2.12. The minimum absolute atomic E-state index is 0.244. The molecule has 32 heavy (non-hydrogen) atoms. The van der Waals surface area contributed by atoms with Crippen LogP contribution < -0.4 is 9.47 Å². The Balaban J connectivity index is 1.57. The van der Waals surface area contributed by atoms with Gasteiger partial charge in [0.15, 0.2) is 11.0 Å². The molecule has 4 rings (SSSR count). The second-order valence-electron chi connectivity index (χ2n) is 7.08. The summed E-state index contributed by atoms with van der Waals surface area (Å²) in [4.78, 5) is 0. The lowest BCUT2D eigenvalue weighted by atomic mass is 10.2. The van der Waals surface area contributed by atoms with Crippen molar-refractivity contribution in [1.29, 1.82) is 0 Å². The Morgan fingerprint density at radius 2 is 1.75 bits per heavy atom. The molecule has 0 aliphatic carbocycles. The van der Waals surface area contributed by atoms with Gasteiger partial charge in [-0.3, -0.25) is 4.57 Å². The quantitative estimate of drug-likeness (QED) is 0.286. The van der Waals surface area contributed by atoms with Crippen molar-refractivity contribution in [1.82, 2.24) is 19.9 Å². The smallest absolute Gasteiger partial charge is 0.196 e. The molecule has 0 saturated heterocycles. The van der Waals surface area contributed by atoms with Crippen LogP contribution in [-0.4, -0.2) is 26.5 Å². The molecule has 9 heteroatoms. The summed E-state index contributed by atoms with van der Waals surface area (Å²) in [5, 5.41) is 14.1. The van der Waals surface area contributed by atoms with Gasteiger partial charge < -0.3 is 14.0 Å². The van der Waals surface area contributed by atoms with Gasteiger partial charge in [-0.2, -0.15) is 0 Å². The van der Waals surface area contributed by atoms with Crippen LogP contribution in [-0.2, 0) is 12.4 Å². The maximum absolute atomic E-state index is 6.40. The van der Waals surface area contributed by atoms with Crippen molar-refractivity contribution in [3.8, 4) is 17.2 Å². The number of benzene rings is 2. The highest BCUT2D eigenvalue weighted by Gasteiger charge is 2.17. The SMILES string of the molecule is CCOc1ccc(OCc2nnc(SCc3cc(C)no3)n2-c2ccc(C)c(Cl)c2)cc1. The fraction of sp³-hybridized carbons (Fsp3) is 0.261. The van der Waals surface area contributed by atoms with Gasteiger partial charge in [-0.15, -0.1) is 10.2 Å². The topological polar surface area (TPSA) is 75.2 Å². The average molecular weight is 471 g/mol. The van der Waals surface area contributed by atoms with E-state index < -0.39 is 0 Å². The number of nitrogens with zero attached hydrogens (tertiary/aromatic N) is 4. The van der Waals surface area contributed by atoms with Gasteiger partial charge >= 0.3 is 0 Å². The van der Waals surface area contributed by atoms with Crippen LogP contribution in [0.4, 0.5) is 0 Å². The van der Waals surface area contributed by atoms with Crippen LogP contribution >= 0.6 is 23.4 Å². The molecule has 0 fully saturated rings. The second kappa shape index (κ2) is 10.1. The average Bonchev–Trinajstić information content (AvgIpc) is 3.39. The fourth-order valence-electron chi connectivity index (χ4n) is 3.03. The Labute approximate surface area is 195 Å². The first-order valence-electron chi connectivity index (χ1n) is 10.1. The lowest BCUT2D eigenvalue weighted by molar-refractivity contribution is 0.291. The predicted molar refractivity (Wildman–Crippen MR) is 124 cm³/mol. The zero-order chi connectivity index (χ0) is 22.5. The van der Waals surface area contributed by atoms with Crippen LogP contribution in [0, 0.1) is 13.8 Å². The Morgan fingerprint density at radius 3 is 2.41 bits per heavy atom. The van der Waals surface area contributed by atoms with Crippen LogP contribution in [0.25, 0.3) is 5.69 Å². The van der Waals surface area contributed by atoms with Crippen molar-refractivity contribution < 1.29 is 14.0 Å². The molecular formula is C23H23ClN4O3S. The number of halogens is 1. The monoisotopic (exact) mass is 470 g/mol. The lowest BCUT2D eigenvalue weighted by Crippen LogP contribution is -2.07. The van der Waals surface area contributed by atoms with Gasteiger partial charge in [0.05, 0.1) is 23.7 Å². The standard InChI is InChI=1S/C23H23ClN4O3S/c1-4-29-18-7-9-19(10-8-18)30-13-22-25-26-23(32-14-20-11-16(3)27-31-20)28(22)17-6-5-15(2)21(24)12-17/h5-12H,4,13-14H2,1-3H3. The van der Waals surface area contributed by atoms with Gasteiger partial charge in [0, 0.05) is 11.1 Å². The maximum Gasteiger partial charge on any atom is 0.196 e. The summed E-state index contributed by atoms with van der Waals surface area (Å²) in [6, 6.07) is 15.3. The van der Waals surface area contributed by atoms with E-state index in [1.807, 2.05) is 73.9 Å². The zero-order valence-electron chi connectivity index (χ0n) is 18.0. The van der Waals surface area contributed by atoms with E-state index in [-0.39, 0.29) is 6.61 Å². The van der Waals surface area contributed by atoms with Crippen molar-refractivity contribution in [3.05, 3.63) is 76.4 Å². The van der Waals surface area contributed by atoms with Gasteiger partial charge in [-0.1, -0.05) is 34.6 Å². The number of ether oxygens (including phenoxy) is 2. The molecule has 2 aromatic heterocycles. The van der Waals surface area contributed by atoms with Crippen molar-refractivity contribution in [3.63, 3.8) is 0 Å². The molecule has 0 aliphatic rings. The van der Waals surface area contributed by atoms with E-state index in [2.05, 4.69) is 15.4 Å². The van der Waals surface area contributed by atoms with E-state index >= 15 is 0 Å². The van der Waals surface area contributed by atoms with E-state index in [1.165, 1.54) is 11.8 Å². The Hall–Kier alpha value is -2.97. The minimum atomic E-state index is 0.244. The van der Waals surface area contributed by atoms with Crippen molar-refractivity contribution in [2.75, 3.05) is 6.61 Å². The number of thioether (sulfide) groups is 1. The molecule has 0 saturated carbocycles. The molecule has 0 aliphatic heterocycles. The van der Waals surface area contributed by atoms with Crippen LogP contribution in [0.15, 0.2) is 58.2 Å². The molecule has 0 atom stereocenters. The fourth-order valence-corrected chi connectivity index (χ4v) is 4.05. The third-order valence-electron chi connectivity index (χ3n) is 4.64. The molecule has 0 spiro atoms. The van der Waals surface area contributed by atoms with Crippen LogP contribution in [0.2, 0.25) is 5.02 Å². The number of rotatable bonds is 9. The molecule has 2 aromatic carbocycles. The van der Waals surface area contributed by atoms with Crippen molar-refractivity contribution >= 4 is 23.4 Å². The molecule has 2 heterocycles. The first-order chi connectivity index (χ1) is 15.5. The van der Waals surface area contributed by atoms with E-state index in [4.69, 9.17) is 25.6 Å². The highest BCUT2D eigenvalue weighted by molar-refractivity contribution is 7.98. The van der Waals surface area contributed by atoms with Crippen LogP contribution in [0.1, 0.15) is 29.8 Å². The molecule has 0 amide bonds. The molecule has 7 nitrogen and oxygen atoms in total. The summed E-state index contributed by atoms with van der Waals surface area (Å²) < 4.78 is 18.7. The minimum Gasteiger partial charge on any atom is -0.494 e. The van der Waals surface area contributed by atoms with Crippen LogP contribution in [0.3, 0.4) is 0 Å². The number of hydrogen-bond donors (Lipinski definition) is 0. The molecule has 0 unspecified atom stereocenters. The molecule has 0 radical (unpaired) electrons. The molecule has 166 valence electrons. The third-order valence-corrected chi connectivity index (χ3v) is 6.00. The maximum atomic E-state index is 6.40. The zero-order valence-corrected chi connectivity index (χ0v) is 19.6. The second-order valence-corrected chi connectivity index (χ2v) is 8.43. The summed E-state index contributed by atoms with van der Waals surface area (Å²) in [6.45, 7) is 6.68. The highest BCUT2D eigenvalue weighted by atomic mass is 35.5. The molecule has 0 bridgehead atoms. The van der Waals surface area contributed by atoms with Gasteiger partial charge in [0.25, 0.3) is 0 Å². The number of hydrogen-bond acceptors (Lipinski definition) is 7. The molecule has 4 aromatic rings. The summed E-state index contributed by atoms with van der Waals surface area (Å²) >= 11 is 7.91. The summed E-state index contributed by atoms with van der Waals surface area (Å²) in [5.41, 5.74) is 2.71. The first-order valence-corrected chi connectivity index (χ1v) is 11.5. The Morgan fingerprint density at radius 1 is 1.00 bits per heavy atom. The summed E-state index contributed by atoms with van der Waals surface area (Å²) in [5.74, 6) is 3.54. The Bertz CT molecular complexity index is 1190. The number of aromatic nitrogens is 4. The third kappa shape index (κ3) is 5.26. The van der Waals surface area contributed by atoms with E-state index in [0.29, 0.717) is 28.4 Å². The van der Waals surface area contributed by atoms with E-state index in [1.54, 1.807) is 0 Å². The van der Waals surface area contributed by atoms with Gasteiger partial charge in [-0.05, 0) is 62.7 Å². The normalized spacial score (nSPS) is 11.0. The van der Waals surface area contributed by atoms with Gasteiger partial charge in [-0.25, -0.2) is 0 Å². The molecule has 0 N–H and O–H groups in total. The van der Waals surface area contributed by atoms with E-state index in [9.17, 15) is 0 Å². The number of aryl methyl sites for hydroxylation is 2. The first kappa shape index (κ1) is 22.2. The van der Waals surface area contributed by atoms with Gasteiger partial charge in [0.1, 0.15) is 23.9 Å². The van der Waals surface area contributed by atoms with Crippen molar-refractivity contribution in [2.45, 2.75) is 38.3 Å². The van der Waals surface area contributed by atoms with Crippen molar-refractivity contribution in [2.24, 2.45) is 0 Å². The summed E-state index contributed by atoms with van der Waals surface area (Å²) in [6.07, 6.45) is 0. The van der Waals surface area contributed by atoms with Gasteiger partial charge in [0.2, 0.25) is 0 Å². The molecular weight excluding hydrogens is 448 g/mol. The van der Waals surface area contributed by atoms with Crippen LogP contribution in [0.5, 0.6) is 11.5 Å². The van der Waals surface area contributed by atoms with E-state index in [0.717, 1.165) is 34.2 Å².